The molecule has 0 saturated carbocycles. The Labute approximate surface area is 204 Å². The molecule has 0 unspecified atom stereocenters. The van der Waals surface area contributed by atoms with Crippen LogP contribution in [0.2, 0.25) is 0 Å². The van der Waals surface area contributed by atoms with E-state index in [1.807, 2.05) is 11.3 Å². The minimum atomic E-state index is 0.965. The van der Waals surface area contributed by atoms with E-state index in [0.717, 1.165) is 37.3 Å². The quantitative estimate of drug-likeness (QED) is 0.244. The van der Waals surface area contributed by atoms with E-state index in [-0.39, 0.29) is 0 Å². The number of thiophene rings is 1. The van der Waals surface area contributed by atoms with E-state index in [2.05, 4.69) is 98.2 Å². The van der Waals surface area contributed by atoms with Crippen molar-refractivity contribution in [2.45, 2.75) is 27.7 Å². The van der Waals surface area contributed by atoms with Crippen LogP contribution in [0.5, 0.6) is 0 Å². The molecule has 34 heavy (non-hydrogen) atoms. The minimum Gasteiger partial charge on any atom is -0.455 e. The van der Waals surface area contributed by atoms with Gasteiger partial charge in [-0.15, -0.1) is 11.3 Å². The number of nitrogens with zero attached hydrogens (tertiary/aromatic N) is 2. The predicted molar refractivity (Wildman–Crippen MR) is 151 cm³/mol. The first kappa shape index (κ1) is 21.3. The van der Waals surface area contributed by atoms with Gasteiger partial charge in [-0.2, -0.15) is 0 Å². The van der Waals surface area contributed by atoms with Crippen LogP contribution in [0.15, 0.2) is 65.1 Å². The Morgan fingerprint density at radius 3 is 1.74 bits per heavy atom. The molecule has 4 heteroatoms. The van der Waals surface area contributed by atoms with Gasteiger partial charge < -0.3 is 14.2 Å². The zero-order valence-electron chi connectivity index (χ0n) is 20.3. The summed E-state index contributed by atoms with van der Waals surface area (Å²) in [5.74, 6) is 0. The first-order valence-corrected chi connectivity index (χ1v) is 13.2. The average molecular weight is 467 g/mol. The van der Waals surface area contributed by atoms with Gasteiger partial charge in [0.05, 0.1) is 0 Å². The van der Waals surface area contributed by atoms with Gasteiger partial charge in [-0.1, -0.05) is 18.2 Å². The molecule has 0 N–H and O–H groups in total. The van der Waals surface area contributed by atoms with Crippen LogP contribution in [0.3, 0.4) is 0 Å². The Kier molecular flexibility index (Phi) is 5.14. The van der Waals surface area contributed by atoms with Crippen molar-refractivity contribution < 1.29 is 4.42 Å². The fraction of sp³-hybridized carbons (Fsp3) is 0.267. The Morgan fingerprint density at radius 1 is 0.588 bits per heavy atom. The van der Waals surface area contributed by atoms with Crippen molar-refractivity contribution in [1.29, 1.82) is 0 Å². The van der Waals surface area contributed by atoms with Crippen LogP contribution in [0.4, 0.5) is 11.4 Å². The molecular weight excluding hydrogens is 436 g/mol. The molecule has 0 saturated heterocycles. The summed E-state index contributed by atoms with van der Waals surface area (Å²) in [6.45, 7) is 12.9. The SMILES string of the molecule is CCN(CC)c1ccc2c(c1)oc1c2ccc2c1ccc1c3ccc(N(CC)CC)cc3sc12. The van der Waals surface area contributed by atoms with Gasteiger partial charge in [-0.25, -0.2) is 0 Å². The van der Waals surface area contributed by atoms with Gasteiger partial charge in [0.1, 0.15) is 11.2 Å². The fourth-order valence-electron chi connectivity index (χ4n) is 5.42. The molecule has 6 rings (SSSR count). The molecule has 2 heterocycles. The van der Waals surface area contributed by atoms with E-state index >= 15 is 0 Å². The second-order valence-electron chi connectivity index (χ2n) is 8.89. The highest BCUT2D eigenvalue weighted by Crippen LogP contribution is 2.43. The Balaban J connectivity index is 1.57. The van der Waals surface area contributed by atoms with Crippen LogP contribution >= 0.6 is 11.3 Å². The summed E-state index contributed by atoms with van der Waals surface area (Å²) in [6.07, 6.45) is 0. The highest BCUT2D eigenvalue weighted by atomic mass is 32.1. The van der Waals surface area contributed by atoms with E-state index in [1.54, 1.807) is 0 Å². The molecule has 0 spiro atoms. The lowest BCUT2D eigenvalue weighted by atomic mass is 10.0. The zero-order valence-corrected chi connectivity index (χ0v) is 21.1. The number of fused-ring (bicyclic) bond motifs is 9. The molecule has 0 bridgehead atoms. The van der Waals surface area contributed by atoms with Gasteiger partial charge in [-0.3, -0.25) is 0 Å². The molecule has 0 aliphatic rings. The highest BCUT2D eigenvalue weighted by Gasteiger charge is 2.16. The Morgan fingerprint density at radius 2 is 1.09 bits per heavy atom. The van der Waals surface area contributed by atoms with Gasteiger partial charge in [0.15, 0.2) is 0 Å². The number of rotatable bonds is 6. The minimum absolute atomic E-state index is 0.965. The summed E-state index contributed by atoms with van der Waals surface area (Å²) in [5, 5.41) is 7.52. The molecule has 6 aromatic rings. The van der Waals surface area contributed by atoms with Crippen LogP contribution in [0.25, 0.3) is 52.9 Å². The molecule has 0 aliphatic carbocycles. The van der Waals surface area contributed by atoms with Crippen molar-refractivity contribution in [3.05, 3.63) is 60.7 Å². The summed E-state index contributed by atoms with van der Waals surface area (Å²) in [4.78, 5) is 4.77. The lowest BCUT2D eigenvalue weighted by Crippen LogP contribution is -2.21. The molecule has 3 nitrogen and oxygen atoms in total. The summed E-state index contributed by atoms with van der Waals surface area (Å²) in [7, 11) is 0. The van der Waals surface area contributed by atoms with Gasteiger partial charge >= 0.3 is 0 Å². The largest absolute Gasteiger partial charge is 0.455 e. The van der Waals surface area contributed by atoms with Crippen molar-refractivity contribution in [3.8, 4) is 0 Å². The molecule has 0 atom stereocenters. The summed E-state index contributed by atoms with van der Waals surface area (Å²) >= 11 is 1.90. The van der Waals surface area contributed by atoms with Crippen LogP contribution in [0, 0.1) is 0 Å². The molecule has 0 fully saturated rings. The van der Waals surface area contributed by atoms with Crippen LogP contribution < -0.4 is 9.80 Å². The van der Waals surface area contributed by atoms with E-state index in [0.29, 0.717) is 0 Å². The van der Waals surface area contributed by atoms with Crippen LogP contribution in [-0.4, -0.2) is 26.2 Å². The summed E-state index contributed by atoms with van der Waals surface area (Å²) in [6, 6.07) is 22.6. The number of anilines is 2. The van der Waals surface area contributed by atoms with Crippen LogP contribution in [0.1, 0.15) is 27.7 Å². The monoisotopic (exact) mass is 466 g/mol. The third kappa shape index (κ3) is 3.08. The standard InChI is InChI=1S/C30H30N2OS/c1-5-31(6-2)19-9-11-21-23-13-16-26-24(29(23)33-27(21)17-19)14-15-25-22-12-10-20(32(7-3)8-4)18-28(22)34-30(25)26/h9-18H,5-8H2,1-4H3. The van der Waals surface area contributed by atoms with Crippen molar-refractivity contribution in [2.24, 2.45) is 0 Å². The second kappa shape index (κ2) is 8.21. The first-order chi connectivity index (χ1) is 16.7. The zero-order chi connectivity index (χ0) is 23.4. The molecule has 2 aromatic heterocycles. The van der Waals surface area contributed by atoms with E-state index < -0.39 is 0 Å². The molecule has 0 radical (unpaired) electrons. The average Bonchev–Trinajstić information content (AvgIpc) is 3.43. The maximum absolute atomic E-state index is 6.52. The molecule has 4 aromatic carbocycles. The van der Waals surface area contributed by atoms with Gasteiger partial charge in [0, 0.05) is 85.3 Å². The number of hydrogen-bond donors (Lipinski definition) is 0. The number of furan rings is 1. The lowest BCUT2D eigenvalue weighted by molar-refractivity contribution is 0.672. The smallest absolute Gasteiger partial charge is 0.143 e. The van der Waals surface area contributed by atoms with Crippen molar-refractivity contribution in [2.75, 3.05) is 36.0 Å². The van der Waals surface area contributed by atoms with Crippen molar-refractivity contribution in [1.82, 2.24) is 0 Å². The maximum atomic E-state index is 6.52. The maximum Gasteiger partial charge on any atom is 0.143 e. The Bertz CT molecular complexity index is 1540. The molecule has 0 aliphatic heterocycles. The van der Waals surface area contributed by atoms with E-state index in [1.165, 1.54) is 53.1 Å². The van der Waals surface area contributed by atoms with Crippen molar-refractivity contribution >= 4 is 75.6 Å². The summed E-state index contributed by atoms with van der Waals surface area (Å²) in [5.41, 5.74) is 4.48. The van der Waals surface area contributed by atoms with E-state index in [9.17, 15) is 0 Å². The van der Waals surface area contributed by atoms with Gasteiger partial charge in [0.2, 0.25) is 0 Å². The molecule has 172 valence electrons. The van der Waals surface area contributed by atoms with Crippen LogP contribution in [-0.2, 0) is 0 Å². The topological polar surface area (TPSA) is 19.6 Å². The van der Waals surface area contributed by atoms with Gasteiger partial charge in [-0.05, 0) is 64.1 Å². The fourth-order valence-corrected chi connectivity index (χ4v) is 6.68. The third-order valence-electron chi connectivity index (χ3n) is 7.29. The Hall–Kier alpha value is -3.24. The normalized spacial score (nSPS) is 12.0. The number of benzene rings is 4. The van der Waals surface area contributed by atoms with Gasteiger partial charge in [0.25, 0.3) is 0 Å². The predicted octanol–water partition coefficient (Wildman–Crippen LogP) is 8.80. The molecule has 0 amide bonds. The highest BCUT2D eigenvalue weighted by molar-refractivity contribution is 7.26. The lowest BCUT2D eigenvalue weighted by Gasteiger charge is -2.20. The van der Waals surface area contributed by atoms with E-state index in [4.69, 9.17) is 4.42 Å². The first-order valence-electron chi connectivity index (χ1n) is 12.4. The third-order valence-corrected chi connectivity index (χ3v) is 8.50. The summed E-state index contributed by atoms with van der Waals surface area (Å²) < 4.78 is 9.21. The number of hydrogen-bond acceptors (Lipinski definition) is 4. The molecular formula is C30H30N2OS. The van der Waals surface area contributed by atoms with Crippen molar-refractivity contribution in [3.63, 3.8) is 0 Å². The second-order valence-corrected chi connectivity index (χ2v) is 9.94.